The number of hydrogen-bond donors (Lipinski definition) is 0. The topological polar surface area (TPSA) is 0 Å². The van der Waals surface area contributed by atoms with Gasteiger partial charge in [0, 0.05) is 0 Å². The van der Waals surface area contributed by atoms with Crippen molar-refractivity contribution in [3.63, 3.8) is 0 Å². The molecule has 0 unspecified atom stereocenters. The van der Waals surface area contributed by atoms with Gasteiger partial charge in [-0.3, -0.25) is 0 Å². The third kappa shape index (κ3) is 7.00. The van der Waals surface area contributed by atoms with Crippen LogP contribution in [-0.2, 0) is 0 Å². The Hall–Kier alpha value is -1.52. The van der Waals surface area contributed by atoms with Crippen LogP contribution in [0.5, 0.6) is 0 Å². The molecule has 4 aromatic carbocycles. The van der Waals surface area contributed by atoms with Gasteiger partial charge in [0.2, 0.25) is 0 Å². The van der Waals surface area contributed by atoms with Gasteiger partial charge in [0.1, 0.15) is 0 Å². The normalized spacial score (nSPS) is 9.85. The average Bonchev–Trinajstić information content (AvgIpc) is 2.72. The van der Waals surface area contributed by atoms with E-state index in [1.165, 1.54) is 14.3 Å². The van der Waals surface area contributed by atoms with Crippen molar-refractivity contribution < 1.29 is 0 Å². The third-order valence-electron chi connectivity index (χ3n) is 3.67. The molecule has 0 saturated carbocycles. The molecule has 0 amide bonds. The summed E-state index contributed by atoms with van der Waals surface area (Å²) in [6.45, 7) is 0. The Morgan fingerprint density at radius 2 is 0.462 bits per heavy atom. The van der Waals surface area contributed by atoms with E-state index in [0.29, 0.717) is 0 Å². The van der Waals surface area contributed by atoms with Gasteiger partial charge in [0.05, 0.1) is 0 Å². The Labute approximate surface area is 176 Å². The van der Waals surface area contributed by atoms with E-state index in [1.807, 2.05) is 0 Å². The van der Waals surface area contributed by atoms with Crippen LogP contribution in [-0.4, -0.2) is 42.3 Å². The molecular formula is C24H20Sn2. The van der Waals surface area contributed by atoms with Gasteiger partial charge in [0.15, 0.2) is 0 Å². The summed E-state index contributed by atoms with van der Waals surface area (Å²) in [5.74, 6) is 0. The molecule has 0 heterocycles. The Morgan fingerprint density at radius 3 is 0.654 bits per heavy atom. The molecule has 0 aromatic heterocycles. The summed E-state index contributed by atoms with van der Waals surface area (Å²) in [6.07, 6.45) is 0. The zero-order valence-electron chi connectivity index (χ0n) is 14.5. The molecule has 0 aliphatic rings. The Kier molecular flexibility index (Phi) is 8.32. The van der Waals surface area contributed by atoms with Crippen LogP contribution in [0.15, 0.2) is 121 Å². The summed E-state index contributed by atoms with van der Waals surface area (Å²) in [4.78, 5) is 0. The van der Waals surface area contributed by atoms with Crippen LogP contribution in [0.2, 0.25) is 0 Å². The van der Waals surface area contributed by atoms with Crippen molar-refractivity contribution in [3.05, 3.63) is 121 Å². The van der Waals surface area contributed by atoms with Gasteiger partial charge in [-0.25, -0.2) is 0 Å². The Bertz CT molecular complexity index is 709. The average molecular weight is 546 g/mol. The molecule has 0 spiro atoms. The SMILES string of the molecule is c1cc[c]([Sn][c]2ccccc2)cc1.c1cc[c]([Sn][c]2ccccc2)cc1. The molecule has 0 aliphatic heterocycles. The summed E-state index contributed by atoms with van der Waals surface area (Å²) in [6, 6.07) is 43.2. The third-order valence-corrected chi connectivity index (χ3v) is 10.8. The molecule has 0 saturated heterocycles. The zero-order valence-corrected chi connectivity index (χ0v) is 20.3. The van der Waals surface area contributed by atoms with Crippen LogP contribution in [0, 0.1) is 0 Å². The summed E-state index contributed by atoms with van der Waals surface area (Å²) in [5.41, 5.74) is 0. The molecule has 0 N–H and O–H groups in total. The van der Waals surface area contributed by atoms with Crippen LogP contribution in [0.4, 0.5) is 0 Å². The van der Waals surface area contributed by atoms with Crippen molar-refractivity contribution in [3.8, 4) is 0 Å². The van der Waals surface area contributed by atoms with Gasteiger partial charge in [-0.15, -0.1) is 0 Å². The fraction of sp³-hybridized carbons (Fsp3) is 0. The van der Waals surface area contributed by atoms with E-state index in [1.54, 1.807) is 0 Å². The molecule has 4 rings (SSSR count). The molecule has 0 nitrogen and oxygen atoms in total. The van der Waals surface area contributed by atoms with E-state index in [2.05, 4.69) is 121 Å². The fourth-order valence-corrected chi connectivity index (χ4v) is 8.42. The molecule has 2 heteroatoms. The second-order valence-corrected chi connectivity index (χ2v) is 13.7. The maximum absolute atomic E-state index is 2.24. The van der Waals surface area contributed by atoms with Crippen molar-refractivity contribution in [1.82, 2.24) is 0 Å². The van der Waals surface area contributed by atoms with E-state index in [4.69, 9.17) is 0 Å². The van der Waals surface area contributed by atoms with Gasteiger partial charge in [-0.2, -0.15) is 0 Å². The number of hydrogen-bond acceptors (Lipinski definition) is 0. The van der Waals surface area contributed by atoms with Gasteiger partial charge < -0.3 is 0 Å². The monoisotopic (exact) mass is 548 g/mol. The number of benzene rings is 4. The maximum atomic E-state index is 2.24. The van der Waals surface area contributed by atoms with E-state index in [9.17, 15) is 0 Å². The predicted molar refractivity (Wildman–Crippen MR) is 116 cm³/mol. The molecule has 0 atom stereocenters. The summed E-state index contributed by atoms with van der Waals surface area (Å²) >= 11 is -1.03. The van der Waals surface area contributed by atoms with E-state index < -0.39 is 42.3 Å². The first kappa shape index (κ1) is 19.2. The Balaban J connectivity index is 0.000000151. The van der Waals surface area contributed by atoms with Gasteiger partial charge in [0.25, 0.3) is 0 Å². The van der Waals surface area contributed by atoms with Crippen LogP contribution in [0.1, 0.15) is 0 Å². The first-order valence-corrected chi connectivity index (χ1v) is 14.4. The van der Waals surface area contributed by atoms with E-state index in [-0.39, 0.29) is 0 Å². The van der Waals surface area contributed by atoms with E-state index >= 15 is 0 Å². The molecule has 4 radical (unpaired) electrons. The number of rotatable bonds is 4. The van der Waals surface area contributed by atoms with Crippen LogP contribution in [0.25, 0.3) is 0 Å². The molecule has 4 aromatic rings. The second-order valence-electron chi connectivity index (χ2n) is 5.71. The van der Waals surface area contributed by atoms with Crippen LogP contribution in [0.3, 0.4) is 0 Å². The second kappa shape index (κ2) is 11.2. The summed E-state index contributed by atoms with van der Waals surface area (Å²) in [5, 5.41) is 0. The van der Waals surface area contributed by atoms with Crippen LogP contribution >= 0.6 is 0 Å². The van der Waals surface area contributed by atoms with Crippen molar-refractivity contribution in [1.29, 1.82) is 0 Å². The quantitative estimate of drug-likeness (QED) is 0.346. The van der Waals surface area contributed by atoms with Crippen molar-refractivity contribution >= 4 is 56.6 Å². The first-order valence-electron chi connectivity index (χ1n) is 8.64. The zero-order chi connectivity index (χ0) is 17.9. The fourth-order valence-electron chi connectivity index (χ4n) is 2.42. The minimum absolute atomic E-state index is 0.517. The van der Waals surface area contributed by atoms with Crippen molar-refractivity contribution in [2.45, 2.75) is 0 Å². The molecule has 0 fully saturated rings. The predicted octanol–water partition coefficient (Wildman–Crippen LogP) is 2.68. The van der Waals surface area contributed by atoms with Gasteiger partial charge in [-0.1, -0.05) is 0 Å². The summed E-state index contributed by atoms with van der Waals surface area (Å²) < 4.78 is 6.16. The standard InChI is InChI=1S/4C6H5.2Sn/c4*1-2-4-6-5-3-1;;/h4*1-5H;;. The molecule has 0 aliphatic carbocycles. The van der Waals surface area contributed by atoms with Crippen molar-refractivity contribution in [2.75, 3.05) is 0 Å². The molecule has 124 valence electrons. The summed E-state index contributed by atoms with van der Waals surface area (Å²) in [7, 11) is 0. The van der Waals surface area contributed by atoms with Gasteiger partial charge in [-0.05, 0) is 0 Å². The van der Waals surface area contributed by atoms with Gasteiger partial charge >= 0.3 is 178 Å². The first-order chi connectivity index (χ1) is 12.9. The molecular weight excluding hydrogens is 526 g/mol. The van der Waals surface area contributed by atoms with Crippen molar-refractivity contribution in [2.24, 2.45) is 0 Å². The molecule has 26 heavy (non-hydrogen) atoms. The molecule has 0 bridgehead atoms. The Morgan fingerprint density at radius 1 is 0.269 bits per heavy atom. The minimum atomic E-state index is -0.517. The van der Waals surface area contributed by atoms with Crippen LogP contribution < -0.4 is 14.3 Å². The van der Waals surface area contributed by atoms with E-state index in [0.717, 1.165) is 0 Å².